The second kappa shape index (κ2) is 4.25. The minimum atomic E-state index is 0.142. The monoisotopic (exact) mass is 209 g/mol. The zero-order valence-electron chi connectivity index (χ0n) is 10.1. The number of nitrogens with zero attached hydrogens (tertiary/aromatic N) is 1. The standard InChI is InChI=1S/C13H23NO/c1-11(12(2)15)14-9-7-13(8-10-14)5-3-4-6-13/h11H,3-10H2,1-2H3. The van der Waals surface area contributed by atoms with Gasteiger partial charge in [-0.3, -0.25) is 9.69 Å². The summed E-state index contributed by atoms with van der Waals surface area (Å²) in [4.78, 5) is 13.7. The molecule has 0 radical (unpaired) electrons. The number of rotatable bonds is 2. The molecule has 2 fully saturated rings. The van der Waals surface area contributed by atoms with E-state index in [0.717, 1.165) is 13.1 Å². The SMILES string of the molecule is CC(=O)C(C)N1CCC2(CCCC2)CC1. The van der Waals surface area contributed by atoms with E-state index in [1.165, 1.54) is 38.5 Å². The van der Waals surface area contributed by atoms with E-state index in [-0.39, 0.29) is 6.04 Å². The number of ketones is 1. The molecule has 1 saturated heterocycles. The smallest absolute Gasteiger partial charge is 0.146 e. The van der Waals surface area contributed by atoms with Crippen molar-refractivity contribution in [2.24, 2.45) is 5.41 Å². The van der Waals surface area contributed by atoms with Gasteiger partial charge in [0, 0.05) is 0 Å². The third-order valence-electron chi connectivity index (χ3n) is 4.66. The molecule has 0 aromatic rings. The molecule has 1 atom stereocenters. The summed E-state index contributed by atoms with van der Waals surface area (Å²) in [6.45, 7) is 6.04. The Morgan fingerprint density at radius 2 is 1.67 bits per heavy atom. The summed E-state index contributed by atoms with van der Waals surface area (Å²) in [7, 11) is 0. The minimum Gasteiger partial charge on any atom is -0.298 e. The van der Waals surface area contributed by atoms with Crippen molar-refractivity contribution in [3.05, 3.63) is 0 Å². The molecule has 0 bridgehead atoms. The number of carbonyl (C=O) groups is 1. The molecule has 1 spiro atoms. The Balaban J connectivity index is 1.89. The van der Waals surface area contributed by atoms with Crippen LogP contribution in [0.3, 0.4) is 0 Å². The highest BCUT2D eigenvalue weighted by Gasteiger charge is 2.38. The van der Waals surface area contributed by atoms with Gasteiger partial charge in [-0.2, -0.15) is 0 Å². The fourth-order valence-corrected chi connectivity index (χ4v) is 3.27. The van der Waals surface area contributed by atoms with Gasteiger partial charge in [0.05, 0.1) is 6.04 Å². The number of carbonyl (C=O) groups excluding carboxylic acids is 1. The Labute approximate surface area is 93.0 Å². The number of hydrogen-bond donors (Lipinski definition) is 0. The van der Waals surface area contributed by atoms with Gasteiger partial charge in [-0.25, -0.2) is 0 Å². The maximum Gasteiger partial charge on any atom is 0.146 e. The summed E-state index contributed by atoms with van der Waals surface area (Å²) in [6.07, 6.45) is 8.39. The van der Waals surface area contributed by atoms with Crippen molar-refractivity contribution in [1.82, 2.24) is 4.90 Å². The molecule has 2 heteroatoms. The second-order valence-corrected chi connectivity index (χ2v) is 5.53. The van der Waals surface area contributed by atoms with E-state index in [1.54, 1.807) is 6.92 Å². The van der Waals surface area contributed by atoms with Gasteiger partial charge in [-0.05, 0) is 58.0 Å². The van der Waals surface area contributed by atoms with E-state index in [2.05, 4.69) is 11.8 Å². The lowest BCUT2D eigenvalue weighted by atomic mass is 9.77. The average molecular weight is 209 g/mol. The van der Waals surface area contributed by atoms with Gasteiger partial charge in [0.2, 0.25) is 0 Å². The van der Waals surface area contributed by atoms with Gasteiger partial charge < -0.3 is 0 Å². The van der Waals surface area contributed by atoms with Gasteiger partial charge in [0.25, 0.3) is 0 Å². The van der Waals surface area contributed by atoms with Gasteiger partial charge >= 0.3 is 0 Å². The predicted molar refractivity (Wildman–Crippen MR) is 61.9 cm³/mol. The summed E-state index contributed by atoms with van der Waals surface area (Å²) in [5.74, 6) is 0.317. The first kappa shape index (κ1) is 11.1. The third-order valence-corrected chi connectivity index (χ3v) is 4.66. The van der Waals surface area contributed by atoms with Gasteiger partial charge in [0.15, 0.2) is 0 Å². The molecule has 2 nitrogen and oxygen atoms in total. The third kappa shape index (κ3) is 2.25. The van der Waals surface area contributed by atoms with E-state index in [1.807, 2.05) is 0 Å². The Hall–Kier alpha value is -0.370. The minimum absolute atomic E-state index is 0.142. The molecular formula is C13H23NO. The fourth-order valence-electron chi connectivity index (χ4n) is 3.27. The molecule has 1 unspecified atom stereocenters. The largest absolute Gasteiger partial charge is 0.298 e. The Kier molecular flexibility index (Phi) is 3.15. The summed E-state index contributed by atoms with van der Waals surface area (Å²) < 4.78 is 0. The first-order chi connectivity index (χ1) is 7.13. The number of piperidine rings is 1. The van der Waals surface area contributed by atoms with Crippen LogP contribution in [0.25, 0.3) is 0 Å². The van der Waals surface area contributed by atoms with Crippen molar-refractivity contribution in [2.75, 3.05) is 13.1 Å². The van der Waals surface area contributed by atoms with Crippen LogP contribution in [0, 0.1) is 5.41 Å². The van der Waals surface area contributed by atoms with Crippen molar-refractivity contribution >= 4 is 5.78 Å². The molecule has 2 aliphatic rings. The molecule has 1 aliphatic heterocycles. The van der Waals surface area contributed by atoms with Crippen LogP contribution in [-0.4, -0.2) is 29.8 Å². The highest BCUT2D eigenvalue weighted by atomic mass is 16.1. The van der Waals surface area contributed by atoms with Crippen LogP contribution in [0.1, 0.15) is 52.4 Å². The highest BCUT2D eigenvalue weighted by molar-refractivity contribution is 5.80. The lowest BCUT2D eigenvalue weighted by Gasteiger charge is -2.41. The molecule has 0 aromatic heterocycles. The van der Waals surface area contributed by atoms with Crippen molar-refractivity contribution in [3.63, 3.8) is 0 Å². The molecule has 1 saturated carbocycles. The molecule has 1 aliphatic carbocycles. The number of hydrogen-bond acceptors (Lipinski definition) is 2. The number of likely N-dealkylation sites (tertiary alicyclic amines) is 1. The topological polar surface area (TPSA) is 20.3 Å². The Morgan fingerprint density at radius 1 is 1.13 bits per heavy atom. The molecule has 86 valence electrons. The van der Waals surface area contributed by atoms with Crippen LogP contribution in [-0.2, 0) is 4.79 Å². The quantitative estimate of drug-likeness (QED) is 0.697. The molecular weight excluding hydrogens is 186 g/mol. The zero-order valence-corrected chi connectivity index (χ0v) is 10.1. The normalized spacial score (nSPS) is 28.1. The molecule has 0 N–H and O–H groups in total. The van der Waals surface area contributed by atoms with Crippen molar-refractivity contribution < 1.29 is 4.79 Å². The summed E-state index contributed by atoms with van der Waals surface area (Å²) >= 11 is 0. The first-order valence-electron chi connectivity index (χ1n) is 6.38. The van der Waals surface area contributed by atoms with Crippen molar-refractivity contribution in [3.8, 4) is 0 Å². The van der Waals surface area contributed by atoms with Crippen LogP contribution in [0.5, 0.6) is 0 Å². The Morgan fingerprint density at radius 3 is 2.13 bits per heavy atom. The predicted octanol–water partition coefficient (Wildman–Crippen LogP) is 2.62. The van der Waals surface area contributed by atoms with E-state index in [4.69, 9.17) is 0 Å². The average Bonchev–Trinajstić information content (AvgIpc) is 2.67. The fraction of sp³-hybridized carbons (Fsp3) is 0.923. The van der Waals surface area contributed by atoms with E-state index in [0.29, 0.717) is 11.2 Å². The molecule has 15 heavy (non-hydrogen) atoms. The molecule has 0 amide bonds. The van der Waals surface area contributed by atoms with Crippen LogP contribution in [0.4, 0.5) is 0 Å². The first-order valence-corrected chi connectivity index (χ1v) is 6.38. The maximum absolute atomic E-state index is 11.3. The lowest BCUT2D eigenvalue weighted by Crippen LogP contribution is -2.45. The summed E-state index contributed by atoms with van der Waals surface area (Å²) in [5.41, 5.74) is 0.674. The Bertz CT molecular complexity index is 233. The second-order valence-electron chi connectivity index (χ2n) is 5.53. The van der Waals surface area contributed by atoms with E-state index < -0.39 is 0 Å². The molecule has 0 aromatic carbocycles. The summed E-state index contributed by atoms with van der Waals surface area (Å²) in [5, 5.41) is 0. The van der Waals surface area contributed by atoms with Gasteiger partial charge in [-0.15, -0.1) is 0 Å². The zero-order chi connectivity index (χ0) is 10.9. The summed E-state index contributed by atoms with van der Waals surface area (Å²) in [6, 6.07) is 0.142. The lowest BCUT2D eigenvalue weighted by molar-refractivity contribution is -0.122. The highest BCUT2D eigenvalue weighted by Crippen LogP contribution is 2.46. The van der Waals surface area contributed by atoms with Crippen molar-refractivity contribution in [2.45, 2.75) is 58.4 Å². The van der Waals surface area contributed by atoms with Gasteiger partial charge in [-0.1, -0.05) is 12.8 Å². The van der Waals surface area contributed by atoms with Crippen LogP contribution >= 0.6 is 0 Å². The van der Waals surface area contributed by atoms with Gasteiger partial charge in [0.1, 0.15) is 5.78 Å². The van der Waals surface area contributed by atoms with Crippen LogP contribution in [0.2, 0.25) is 0 Å². The van der Waals surface area contributed by atoms with Crippen LogP contribution < -0.4 is 0 Å². The van der Waals surface area contributed by atoms with Crippen LogP contribution in [0.15, 0.2) is 0 Å². The number of Topliss-reactive ketones (excluding diaryl/α,β-unsaturated/α-hetero) is 1. The van der Waals surface area contributed by atoms with E-state index in [9.17, 15) is 4.79 Å². The van der Waals surface area contributed by atoms with E-state index >= 15 is 0 Å². The maximum atomic E-state index is 11.3. The van der Waals surface area contributed by atoms with Crippen molar-refractivity contribution in [1.29, 1.82) is 0 Å². The molecule has 2 rings (SSSR count). The molecule has 1 heterocycles.